The van der Waals surface area contributed by atoms with Crippen LogP contribution in [-0.4, -0.2) is 23.0 Å². The molecule has 6 heteroatoms. The van der Waals surface area contributed by atoms with E-state index in [0.29, 0.717) is 4.47 Å². The molecule has 2 rings (SSSR count). The Morgan fingerprint density at radius 2 is 2.16 bits per heavy atom. The summed E-state index contributed by atoms with van der Waals surface area (Å²) in [5, 5.41) is 11.4. The van der Waals surface area contributed by atoms with Crippen molar-refractivity contribution in [3.05, 3.63) is 34.1 Å². The molecule has 0 heterocycles. The topological polar surface area (TPSA) is 66.4 Å². The predicted octanol–water partition coefficient (Wildman–Crippen LogP) is 2.57. The van der Waals surface area contributed by atoms with Gasteiger partial charge in [-0.15, -0.1) is 0 Å². The first-order valence-electron chi connectivity index (χ1n) is 5.95. The van der Waals surface area contributed by atoms with Gasteiger partial charge in [0.25, 0.3) is 5.91 Å². The zero-order valence-corrected chi connectivity index (χ0v) is 11.6. The molecule has 2 N–H and O–H groups in total. The lowest BCUT2D eigenvalue weighted by Crippen LogP contribution is -2.38. The van der Waals surface area contributed by atoms with Crippen molar-refractivity contribution in [1.82, 2.24) is 5.32 Å². The second-order valence-corrected chi connectivity index (χ2v) is 5.56. The molecule has 1 aromatic rings. The van der Waals surface area contributed by atoms with Gasteiger partial charge in [0.2, 0.25) is 0 Å². The summed E-state index contributed by atoms with van der Waals surface area (Å²) in [5.41, 5.74) is -0.0783. The Labute approximate surface area is 118 Å². The molecule has 1 unspecified atom stereocenters. The third-order valence-electron chi connectivity index (χ3n) is 3.08. The first kappa shape index (κ1) is 14.0. The van der Waals surface area contributed by atoms with Crippen molar-refractivity contribution in [2.45, 2.75) is 25.3 Å². The number of carboxylic acid groups (broad SMARTS) is 1. The van der Waals surface area contributed by atoms with Crippen LogP contribution in [0.2, 0.25) is 0 Å². The zero-order chi connectivity index (χ0) is 14.0. The number of nitrogens with one attached hydrogen (secondary N) is 1. The number of carboxylic acids is 1. The van der Waals surface area contributed by atoms with Gasteiger partial charge in [-0.2, -0.15) is 0 Å². The number of carbonyl (C=O) groups excluding carboxylic acids is 1. The van der Waals surface area contributed by atoms with Crippen molar-refractivity contribution >= 4 is 27.8 Å². The Balaban J connectivity index is 2.10. The predicted molar refractivity (Wildman–Crippen MR) is 70.3 cm³/mol. The van der Waals surface area contributed by atoms with E-state index < -0.39 is 23.7 Å². The molecule has 1 aromatic carbocycles. The molecule has 0 radical (unpaired) electrons. The van der Waals surface area contributed by atoms with Gasteiger partial charge >= 0.3 is 5.97 Å². The summed E-state index contributed by atoms with van der Waals surface area (Å²) >= 11 is 3.17. The molecule has 4 nitrogen and oxygen atoms in total. The molecule has 1 saturated carbocycles. The van der Waals surface area contributed by atoms with Gasteiger partial charge in [0, 0.05) is 10.5 Å². The average molecular weight is 330 g/mol. The summed E-state index contributed by atoms with van der Waals surface area (Å²) < 4.78 is 14.1. The minimum Gasteiger partial charge on any atom is -0.481 e. The van der Waals surface area contributed by atoms with E-state index in [1.54, 1.807) is 0 Å². The Hall–Kier alpha value is -1.43. The highest BCUT2D eigenvalue weighted by Crippen LogP contribution is 2.34. The molecular formula is C13H13BrFNO3. The van der Waals surface area contributed by atoms with Gasteiger partial charge in [0.05, 0.1) is 12.0 Å². The van der Waals surface area contributed by atoms with Gasteiger partial charge in [0.15, 0.2) is 0 Å². The smallest absolute Gasteiger partial charge is 0.305 e. The van der Waals surface area contributed by atoms with Crippen LogP contribution in [0.5, 0.6) is 0 Å². The normalized spacial score (nSPS) is 15.9. The van der Waals surface area contributed by atoms with Crippen LogP contribution in [0.1, 0.15) is 29.6 Å². The molecule has 1 aliphatic rings. The van der Waals surface area contributed by atoms with Gasteiger partial charge < -0.3 is 10.4 Å². The van der Waals surface area contributed by atoms with Crippen LogP contribution in [0.15, 0.2) is 22.7 Å². The van der Waals surface area contributed by atoms with Crippen molar-refractivity contribution in [2.75, 3.05) is 0 Å². The molecule has 19 heavy (non-hydrogen) atoms. The number of aliphatic carboxylic acids is 1. The maximum atomic E-state index is 13.6. The molecule has 1 atom stereocenters. The highest BCUT2D eigenvalue weighted by atomic mass is 79.9. The molecule has 0 saturated heterocycles. The number of rotatable bonds is 5. The molecule has 0 bridgehead atoms. The Morgan fingerprint density at radius 1 is 1.47 bits per heavy atom. The fourth-order valence-corrected chi connectivity index (χ4v) is 2.30. The van der Waals surface area contributed by atoms with E-state index in [1.807, 2.05) is 0 Å². The zero-order valence-electron chi connectivity index (χ0n) is 10.0. The summed E-state index contributed by atoms with van der Waals surface area (Å²) in [5.74, 6) is -1.97. The van der Waals surface area contributed by atoms with Crippen LogP contribution in [0.25, 0.3) is 0 Å². The van der Waals surface area contributed by atoms with Gasteiger partial charge in [-0.3, -0.25) is 9.59 Å². The number of hydrogen-bond acceptors (Lipinski definition) is 2. The van der Waals surface area contributed by atoms with Gasteiger partial charge in [-0.05, 0) is 37.0 Å². The van der Waals surface area contributed by atoms with E-state index in [4.69, 9.17) is 5.11 Å². The number of benzene rings is 1. The van der Waals surface area contributed by atoms with Crippen LogP contribution in [0.4, 0.5) is 4.39 Å². The van der Waals surface area contributed by atoms with E-state index in [-0.39, 0.29) is 17.9 Å². The van der Waals surface area contributed by atoms with E-state index in [1.165, 1.54) is 18.2 Å². The summed E-state index contributed by atoms with van der Waals surface area (Å²) in [7, 11) is 0. The van der Waals surface area contributed by atoms with Crippen LogP contribution < -0.4 is 5.32 Å². The van der Waals surface area contributed by atoms with Gasteiger partial charge in [-0.1, -0.05) is 15.9 Å². The number of carbonyl (C=O) groups is 2. The Morgan fingerprint density at radius 3 is 2.74 bits per heavy atom. The molecule has 0 aromatic heterocycles. The molecule has 0 spiro atoms. The van der Waals surface area contributed by atoms with Crippen molar-refractivity contribution < 1.29 is 19.1 Å². The lowest BCUT2D eigenvalue weighted by molar-refractivity contribution is -0.137. The fraction of sp³-hybridized carbons (Fsp3) is 0.385. The van der Waals surface area contributed by atoms with Crippen LogP contribution in [0, 0.1) is 11.7 Å². The second-order valence-electron chi connectivity index (χ2n) is 4.64. The van der Waals surface area contributed by atoms with Crippen molar-refractivity contribution in [2.24, 2.45) is 5.92 Å². The average Bonchev–Trinajstić information content (AvgIpc) is 3.14. The quantitative estimate of drug-likeness (QED) is 0.872. The SMILES string of the molecule is O=C(O)CC(NC(=O)c1cc(Br)ccc1F)C1CC1. The standard InChI is InChI=1S/C13H13BrFNO3/c14-8-3-4-10(15)9(5-8)13(19)16-11(6-12(17)18)7-1-2-7/h3-5,7,11H,1-2,6H2,(H,16,19)(H,17,18). The molecule has 1 aliphatic carbocycles. The van der Waals surface area contributed by atoms with Crippen molar-refractivity contribution in [3.8, 4) is 0 Å². The van der Waals surface area contributed by atoms with E-state index in [2.05, 4.69) is 21.2 Å². The highest BCUT2D eigenvalue weighted by Gasteiger charge is 2.34. The maximum absolute atomic E-state index is 13.6. The number of hydrogen-bond donors (Lipinski definition) is 2. The molecule has 1 fully saturated rings. The summed E-state index contributed by atoms with van der Waals surface area (Å²) in [6.45, 7) is 0. The Bertz CT molecular complexity index is 517. The highest BCUT2D eigenvalue weighted by molar-refractivity contribution is 9.10. The third-order valence-corrected chi connectivity index (χ3v) is 3.57. The first-order chi connectivity index (χ1) is 8.97. The molecular weight excluding hydrogens is 317 g/mol. The summed E-state index contributed by atoms with van der Waals surface area (Å²) in [4.78, 5) is 22.7. The maximum Gasteiger partial charge on any atom is 0.305 e. The van der Waals surface area contributed by atoms with Crippen LogP contribution in [-0.2, 0) is 4.79 Å². The molecule has 0 aliphatic heterocycles. The largest absolute Gasteiger partial charge is 0.481 e. The minimum absolute atomic E-state index is 0.0783. The summed E-state index contributed by atoms with van der Waals surface area (Å²) in [6.07, 6.45) is 1.67. The molecule has 102 valence electrons. The van der Waals surface area contributed by atoms with Crippen molar-refractivity contribution in [3.63, 3.8) is 0 Å². The minimum atomic E-state index is -0.966. The van der Waals surface area contributed by atoms with Gasteiger partial charge in [0.1, 0.15) is 5.82 Å². The third kappa shape index (κ3) is 3.76. The monoisotopic (exact) mass is 329 g/mol. The first-order valence-corrected chi connectivity index (χ1v) is 6.74. The van der Waals surface area contributed by atoms with Crippen LogP contribution in [0.3, 0.4) is 0 Å². The van der Waals surface area contributed by atoms with Gasteiger partial charge in [-0.25, -0.2) is 4.39 Å². The summed E-state index contributed by atoms with van der Waals surface area (Å²) in [6, 6.07) is 3.66. The fourth-order valence-electron chi connectivity index (χ4n) is 1.94. The lowest BCUT2D eigenvalue weighted by Gasteiger charge is -2.16. The molecule has 1 amide bonds. The van der Waals surface area contributed by atoms with Crippen LogP contribution >= 0.6 is 15.9 Å². The van der Waals surface area contributed by atoms with E-state index >= 15 is 0 Å². The lowest BCUT2D eigenvalue weighted by atomic mass is 10.1. The second kappa shape index (κ2) is 5.69. The van der Waals surface area contributed by atoms with Crippen molar-refractivity contribution in [1.29, 1.82) is 0 Å². The number of halogens is 2. The Kier molecular flexibility index (Phi) is 4.19. The van der Waals surface area contributed by atoms with E-state index in [0.717, 1.165) is 12.8 Å². The van der Waals surface area contributed by atoms with E-state index in [9.17, 15) is 14.0 Å². The number of amides is 1.